The van der Waals surface area contributed by atoms with E-state index in [1.54, 1.807) is 4.90 Å². The smallest absolute Gasteiger partial charge is 0.359 e. The Morgan fingerprint density at radius 2 is 2.00 bits per heavy atom. The number of hydrogen-bond donors (Lipinski definition) is 1. The Bertz CT molecular complexity index is 639. The van der Waals surface area contributed by atoms with Gasteiger partial charge < -0.3 is 15.4 Å². The number of pyridine rings is 1. The zero-order chi connectivity index (χ0) is 17.1. The summed E-state index contributed by atoms with van der Waals surface area (Å²) in [5.41, 5.74) is 5.32. The Hall–Kier alpha value is -1.24. The van der Waals surface area contributed by atoms with Gasteiger partial charge in [0.05, 0.1) is 10.7 Å². The number of nitrogen functional groups attached to an aromatic ring is 1. The van der Waals surface area contributed by atoms with E-state index in [9.17, 15) is 9.59 Å². The second kappa shape index (κ2) is 7.55. The third-order valence-corrected chi connectivity index (χ3v) is 4.85. The Balaban J connectivity index is 2.04. The first-order valence-electron chi connectivity index (χ1n) is 7.09. The predicted octanol–water partition coefficient (Wildman–Crippen LogP) is 3.18. The third kappa shape index (κ3) is 4.00. The number of ether oxygens (including phenoxy) is 1. The number of piperidine rings is 1. The van der Waals surface area contributed by atoms with Gasteiger partial charge in [0.25, 0.3) is 5.91 Å². The lowest BCUT2D eigenvalue weighted by Crippen LogP contribution is -2.44. The quantitative estimate of drug-likeness (QED) is 0.643. The minimum atomic E-state index is -0.877. The lowest BCUT2D eigenvalue weighted by atomic mass is 10.0. The van der Waals surface area contributed by atoms with E-state index in [0.29, 0.717) is 6.54 Å². The summed E-state index contributed by atoms with van der Waals surface area (Å²) in [5.74, 6) is -1.13. The summed E-state index contributed by atoms with van der Waals surface area (Å²) in [7, 11) is 0. The zero-order valence-electron chi connectivity index (χ0n) is 12.4. The molecule has 1 saturated heterocycles. The first kappa shape index (κ1) is 18.1. The molecule has 6 nitrogen and oxygen atoms in total. The van der Waals surface area contributed by atoms with Crippen molar-refractivity contribution < 1.29 is 14.3 Å². The van der Waals surface area contributed by atoms with E-state index < -0.39 is 5.97 Å². The Morgan fingerprint density at radius 1 is 1.30 bits per heavy atom. The number of aromatic nitrogens is 1. The van der Waals surface area contributed by atoms with Gasteiger partial charge in [-0.1, -0.05) is 34.8 Å². The molecule has 9 heteroatoms. The molecule has 2 heterocycles. The van der Waals surface area contributed by atoms with E-state index in [2.05, 4.69) is 4.98 Å². The van der Waals surface area contributed by atoms with Gasteiger partial charge in [-0.2, -0.15) is 0 Å². The highest BCUT2D eigenvalue weighted by molar-refractivity contribution is 6.46. The maximum absolute atomic E-state index is 12.1. The van der Waals surface area contributed by atoms with Gasteiger partial charge in [-0.3, -0.25) is 4.79 Å². The standard InChI is InChI=1S/C14H16Cl3N3O3/c1-7-4-2-3-5-20(7)8(21)6-23-14(22)12-9(15)11(18)10(16)13(17)19-12/h7H,2-6H2,1H3,(H2,18,19)/t7-/m0/s1. The van der Waals surface area contributed by atoms with Crippen molar-refractivity contribution in [1.82, 2.24) is 9.88 Å². The molecule has 0 saturated carbocycles. The Kier molecular flexibility index (Phi) is 5.95. The Morgan fingerprint density at radius 3 is 2.65 bits per heavy atom. The van der Waals surface area contributed by atoms with Crippen LogP contribution in [0.25, 0.3) is 0 Å². The average Bonchev–Trinajstić information content (AvgIpc) is 2.54. The van der Waals surface area contributed by atoms with Crippen molar-refractivity contribution >= 4 is 52.4 Å². The Labute approximate surface area is 148 Å². The number of rotatable bonds is 3. The van der Waals surface area contributed by atoms with Crippen molar-refractivity contribution in [3.8, 4) is 0 Å². The maximum atomic E-state index is 12.1. The molecular formula is C14H16Cl3N3O3. The molecule has 2 rings (SSSR count). The summed E-state index contributed by atoms with van der Waals surface area (Å²) in [6, 6.07) is 0.136. The van der Waals surface area contributed by atoms with Gasteiger partial charge in [-0.25, -0.2) is 9.78 Å². The molecule has 0 aromatic carbocycles. The highest BCUT2D eigenvalue weighted by atomic mass is 35.5. The fourth-order valence-corrected chi connectivity index (χ4v) is 3.00. The van der Waals surface area contributed by atoms with Crippen LogP contribution in [0.3, 0.4) is 0 Å². The summed E-state index contributed by atoms with van der Waals surface area (Å²) >= 11 is 17.5. The second-order valence-corrected chi connectivity index (χ2v) is 6.41. The molecule has 2 N–H and O–H groups in total. The summed E-state index contributed by atoms with van der Waals surface area (Å²) in [6.45, 7) is 2.24. The van der Waals surface area contributed by atoms with E-state index in [4.69, 9.17) is 45.3 Å². The van der Waals surface area contributed by atoms with Gasteiger partial charge in [0.15, 0.2) is 17.5 Å². The number of anilines is 1. The number of likely N-dealkylation sites (tertiary alicyclic amines) is 1. The normalized spacial score (nSPS) is 17.9. The van der Waals surface area contributed by atoms with E-state index in [1.165, 1.54) is 0 Å². The van der Waals surface area contributed by atoms with Gasteiger partial charge in [-0.05, 0) is 26.2 Å². The second-order valence-electron chi connectivity index (χ2n) is 5.30. The number of hydrogen-bond acceptors (Lipinski definition) is 5. The molecule has 0 bridgehead atoms. The third-order valence-electron chi connectivity index (χ3n) is 3.72. The average molecular weight is 381 g/mol. The van der Waals surface area contributed by atoms with Crippen molar-refractivity contribution in [1.29, 1.82) is 0 Å². The van der Waals surface area contributed by atoms with Crippen LogP contribution in [-0.2, 0) is 9.53 Å². The number of halogens is 3. The molecular weight excluding hydrogens is 365 g/mol. The minimum absolute atomic E-state index is 0.0357. The summed E-state index contributed by atoms with van der Waals surface area (Å²) < 4.78 is 4.99. The SMILES string of the molecule is C[C@H]1CCCCN1C(=O)COC(=O)c1nc(Cl)c(Cl)c(N)c1Cl. The fourth-order valence-electron chi connectivity index (χ4n) is 2.41. The van der Waals surface area contributed by atoms with Gasteiger partial charge in [0.1, 0.15) is 5.02 Å². The molecule has 1 atom stereocenters. The summed E-state index contributed by atoms with van der Waals surface area (Å²) in [5, 5.41) is -0.342. The molecule has 23 heavy (non-hydrogen) atoms. The van der Waals surface area contributed by atoms with Crippen molar-refractivity contribution in [3.05, 3.63) is 20.9 Å². The lowest BCUT2D eigenvalue weighted by molar-refractivity contribution is -0.137. The minimum Gasteiger partial charge on any atom is -0.451 e. The lowest BCUT2D eigenvalue weighted by Gasteiger charge is -2.33. The van der Waals surface area contributed by atoms with Crippen molar-refractivity contribution in [3.63, 3.8) is 0 Å². The summed E-state index contributed by atoms with van der Waals surface area (Å²) in [4.78, 5) is 29.7. The monoisotopic (exact) mass is 379 g/mol. The highest BCUT2D eigenvalue weighted by Crippen LogP contribution is 2.34. The zero-order valence-corrected chi connectivity index (χ0v) is 14.7. The van der Waals surface area contributed by atoms with Crippen LogP contribution in [0.15, 0.2) is 0 Å². The molecule has 1 aromatic rings. The first-order valence-corrected chi connectivity index (χ1v) is 8.22. The molecule has 0 unspecified atom stereocenters. The van der Waals surface area contributed by atoms with Gasteiger partial charge in [0, 0.05) is 12.6 Å². The molecule has 1 amide bonds. The number of nitrogens with zero attached hydrogens (tertiary/aromatic N) is 2. The molecule has 1 aliphatic heterocycles. The van der Waals surface area contributed by atoms with Gasteiger partial charge >= 0.3 is 5.97 Å². The van der Waals surface area contributed by atoms with Gasteiger partial charge in [-0.15, -0.1) is 0 Å². The van der Waals surface area contributed by atoms with Crippen LogP contribution in [0, 0.1) is 0 Å². The number of carbonyl (C=O) groups is 2. The van der Waals surface area contributed by atoms with Crippen LogP contribution < -0.4 is 5.73 Å². The number of carbonyl (C=O) groups excluding carboxylic acids is 2. The largest absolute Gasteiger partial charge is 0.451 e. The first-order chi connectivity index (χ1) is 10.8. The van der Waals surface area contributed by atoms with E-state index in [0.717, 1.165) is 19.3 Å². The van der Waals surface area contributed by atoms with E-state index in [1.807, 2.05) is 6.92 Å². The molecule has 126 valence electrons. The van der Waals surface area contributed by atoms with Crippen LogP contribution >= 0.6 is 34.8 Å². The highest BCUT2D eigenvalue weighted by Gasteiger charge is 2.26. The van der Waals surface area contributed by atoms with Crippen LogP contribution in [0.2, 0.25) is 15.2 Å². The topological polar surface area (TPSA) is 85.5 Å². The molecule has 0 spiro atoms. The molecule has 0 aliphatic carbocycles. The summed E-state index contributed by atoms with van der Waals surface area (Å²) in [6.07, 6.45) is 2.98. The maximum Gasteiger partial charge on any atom is 0.359 e. The van der Waals surface area contributed by atoms with Crippen LogP contribution in [-0.4, -0.2) is 41.0 Å². The van der Waals surface area contributed by atoms with Crippen LogP contribution in [0.4, 0.5) is 5.69 Å². The van der Waals surface area contributed by atoms with Gasteiger partial charge in [0.2, 0.25) is 0 Å². The van der Waals surface area contributed by atoms with Crippen LogP contribution in [0.1, 0.15) is 36.7 Å². The van der Waals surface area contributed by atoms with E-state index >= 15 is 0 Å². The number of esters is 1. The van der Waals surface area contributed by atoms with Crippen molar-refractivity contribution in [2.24, 2.45) is 0 Å². The van der Waals surface area contributed by atoms with Crippen molar-refractivity contribution in [2.45, 2.75) is 32.2 Å². The number of amides is 1. The molecule has 1 aromatic heterocycles. The molecule has 0 radical (unpaired) electrons. The molecule has 1 fully saturated rings. The van der Waals surface area contributed by atoms with Crippen LogP contribution in [0.5, 0.6) is 0 Å². The van der Waals surface area contributed by atoms with E-state index in [-0.39, 0.29) is 45.1 Å². The number of nitrogens with two attached hydrogens (primary N) is 1. The fraction of sp³-hybridized carbons (Fsp3) is 0.500. The predicted molar refractivity (Wildman–Crippen MR) is 89.0 cm³/mol. The van der Waals surface area contributed by atoms with Crippen molar-refractivity contribution in [2.75, 3.05) is 18.9 Å². The molecule has 1 aliphatic rings.